The van der Waals surface area contributed by atoms with Gasteiger partial charge in [0.2, 0.25) is 0 Å². The third-order valence-electron chi connectivity index (χ3n) is 3.61. The van der Waals surface area contributed by atoms with Crippen LogP contribution < -0.4 is 5.32 Å². The highest BCUT2D eigenvalue weighted by Gasteiger charge is 2.07. The molecule has 120 valence electrons. The SMILES string of the molecule is CCCc1nc(Br)cc(NC(C)CCCN(CC)CC)n1. The maximum Gasteiger partial charge on any atom is 0.132 e. The molecule has 1 aromatic rings. The average Bonchev–Trinajstić information content (AvgIpc) is 2.43. The van der Waals surface area contributed by atoms with Gasteiger partial charge in [0, 0.05) is 18.5 Å². The Balaban J connectivity index is 2.45. The summed E-state index contributed by atoms with van der Waals surface area (Å²) in [6, 6.07) is 2.39. The number of rotatable bonds is 10. The van der Waals surface area contributed by atoms with E-state index in [9.17, 15) is 0 Å². The average molecular weight is 357 g/mol. The molecule has 1 N–H and O–H groups in total. The summed E-state index contributed by atoms with van der Waals surface area (Å²) in [6.45, 7) is 12.3. The first-order valence-corrected chi connectivity index (χ1v) is 8.90. The molecular weight excluding hydrogens is 328 g/mol. The van der Waals surface area contributed by atoms with Crippen LogP contribution in [-0.4, -0.2) is 40.5 Å². The van der Waals surface area contributed by atoms with Gasteiger partial charge in [0.15, 0.2) is 0 Å². The van der Waals surface area contributed by atoms with Crippen LogP contribution in [0.4, 0.5) is 5.82 Å². The van der Waals surface area contributed by atoms with Crippen LogP contribution in [-0.2, 0) is 6.42 Å². The number of anilines is 1. The smallest absolute Gasteiger partial charge is 0.132 e. The summed E-state index contributed by atoms with van der Waals surface area (Å²) in [4.78, 5) is 11.4. The Bertz CT molecular complexity index is 407. The second kappa shape index (κ2) is 10.1. The van der Waals surface area contributed by atoms with Crippen molar-refractivity contribution in [2.45, 2.75) is 59.4 Å². The first-order chi connectivity index (χ1) is 10.1. The van der Waals surface area contributed by atoms with Crippen LogP contribution in [0.3, 0.4) is 0 Å². The van der Waals surface area contributed by atoms with Gasteiger partial charge in [-0.15, -0.1) is 0 Å². The van der Waals surface area contributed by atoms with Crippen LogP contribution >= 0.6 is 15.9 Å². The van der Waals surface area contributed by atoms with E-state index in [2.05, 4.69) is 63.8 Å². The summed E-state index contributed by atoms with van der Waals surface area (Å²) >= 11 is 3.47. The Morgan fingerprint density at radius 1 is 1.24 bits per heavy atom. The van der Waals surface area contributed by atoms with Crippen molar-refractivity contribution < 1.29 is 0 Å². The number of nitrogens with one attached hydrogen (secondary N) is 1. The van der Waals surface area contributed by atoms with Gasteiger partial charge >= 0.3 is 0 Å². The zero-order chi connectivity index (χ0) is 15.7. The molecule has 0 aliphatic carbocycles. The first-order valence-electron chi connectivity index (χ1n) is 8.11. The third-order valence-corrected chi connectivity index (χ3v) is 4.02. The number of halogens is 1. The van der Waals surface area contributed by atoms with Gasteiger partial charge in [-0.05, 0) is 61.8 Å². The van der Waals surface area contributed by atoms with E-state index in [1.807, 2.05) is 6.07 Å². The highest BCUT2D eigenvalue weighted by molar-refractivity contribution is 9.10. The summed E-state index contributed by atoms with van der Waals surface area (Å²) in [5, 5.41) is 3.49. The number of hydrogen-bond acceptors (Lipinski definition) is 4. The van der Waals surface area contributed by atoms with E-state index < -0.39 is 0 Å². The Kier molecular flexibility index (Phi) is 8.85. The van der Waals surface area contributed by atoms with Crippen LogP contribution in [0.15, 0.2) is 10.7 Å². The molecule has 0 aromatic carbocycles. The van der Waals surface area contributed by atoms with E-state index in [1.54, 1.807) is 0 Å². The van der Waals surface area contributed by atoms with E-state index in [-0.39, 0.29) is 0 Å². The highest BCUT2D eigenvalue weighted by Crippen LogP contribution is 2.15. The molecule has 0 amide bonds. The number of hydrogen-bond donors (Lipinski definition) is 1. The van der Waals surface area contributed by atoms with Crippen molar-refractivity contribution in [3.05, 3.63) is 16.5 Å². The topological polar surface area (TPSA) is 41.1 Å². The maximum atomic E-state index is 4.58. The fraction of sp³-hybridized carbons (Fsp3) is 0.750. The predicted octanol–water partition coefficient (Wildman–Crippen LogP) is 4.11. The zero-order valence-corrected chi connectivity index (χ0v) is 15.4. The molecule has 0 bridgehead atoms. The molecule has 21 heavy (non-hydrogen) atoms. The molecule has 0 spiro atoms. The molecule has 0 aliphatic rings. The Morgan fingerprint density at radius 2 is 1.95 bits per heavy atom. The van der Waals surface area contributed by atoms with Gasteiger partial charge in [-0.1, -0.05) is 20.8 Å². The molecule has 0 fully saturated rings. The van der Waals surface area contributed by atoms with Gasteiger partial charge in [0.25, 0.3) is 0 Å². The predicted molar refractivity (Wildman–Crippen MR) is 93.8 cm³/mol. The molecule has 1 rings (SSSR count). The largest absolute Gasteiger partial charge is 0.367 e. The second-order valence-corrected chi connectivity index (χ2v) is 6.27. The van der Waals surface area contributed by atoms with E-state index in [0.717, 1.165) is 48.6 Å². The van der Waals surface area contributed by atoms with Crippen molar-refractivity contribution in [1.29, 1.82) is 0 Å². The zero-order valence-electron chi connectivity index (χ0n) is 13.8. The van der Waals surface area contributed by atoms with E-state index >= 15 is 0 Å². The van der Waals surface area contributed by atoms with Crippen LogP contribution in [0.25, 0.3) is 0 Å². The fourth-order valence-corrected chi connectivity index (χ4v) is 2.78. The molecule has 1 aromatic heterocycles. The molecule has 1 heterocycles. The minimum Gasteiger partial charge on any atom is -0.367 e. The Labute approximate surface area is 137 Å². The summed E-state index contributed by atoms with van der Waals surface area (Å²) in [5.74, 6) is 1.83. The van der Waals surface area contributed by atoms with Crippen molar-refractivity contribution in [2.24, 2.45) is 0 Å². The Morgan fingerprint density at radius 3 is 2.57 bits per heavy atom. The Hall–Kier alpha value is -0.680. The number of aromatic nitrogens is 2. The molecule has 1 unspecified atom stereocenters. The number of nitrogens with zero attached hydrogens (tertiary/aromatic N) is 3. The van der Waals surface area contributed by atoms with Crippen molar-refractivity contribution in [1.82, 2.24) is 14.9 Å². The van der Waals surface area contributed by atoms with E-state index in [1.165, 1.54) is 13.0 Å². The molecule has 0 radical (unpaired) electrons. The summed E-state index contributed by atoms with van der Waals surface area (Å²) in [6.07, 6.45) is 4.35. The minimum absolute atomic E-state index is 0.428. The van der Waals surface area contributed by atoms with Crippen molar-refractivity contribution in [3.8, 4) is 0 Å². The first kappa shape index (κ1) is 18.4. The van der Waals surface area contributed by atoms with Gasteiger partial charge in [-0.3, -0.25) is 0 Å². The molecule has 0 aliphatic heterocycles. The van der Waals surface area contributed by atoms with Crippen molar-refractivity contribution >= 4 is 21.7 Å². The summed E-state index contributed by atoms with van der Waals surface area (Å²) in [5.41, 5.74) is 0. The van der Waals surface area contributed by atoms with Gasteiger partial charge in [-0.2, -0.15) is 0 Å². The standard InChI is InChI=1S/C16H29BrN4/c1-5-9-15-19-14(17)12-16(20-15)18-13(4)10-8-11-21(6-2)7-3/h12-13H,5-11H2,1-4H3,(H,18,19,20). The van der Waals surface area contributed by atoms with Gasteiger partial charge in [0.05, 0.1) is 0 Å². The molecule has 0 saturated heterocycles. The maximum absolute atomic E-state index is 4.58. The molecular formula is C16H29BrN4. The molecule has 5 heteroatoms. The van der Waals surface area contributed by atoms with E-state index in [0.29, 0.717) is 6.04 Å². The van der Waals surface area contributed by atoms with Gasteiger partial charge in [-0.25, -0.2) is 9.97 Å². The molecule has 1 atom stereocenters. The summed E-state index contributed by atoms with van der Waals surface area (Å²) < 4.78 is 0.860. The minimum atomic E-state index is 0.428. The monoisotopic (exact) mass is 356 g/mol. The van der Waals surface area contributed by atoms with Crippen LogP contribution in [0, 0.1) is 0 Å². The van der Waals surface area contributed by atoms with Crippen molar-refractivity contribution in [2.75, 3.05) is 25.0 Å². The lowest BCUT2D eigenvalue weighted by molar-refractivity contribution is 0.295. The molecule has 0 saturated carbocycles. The van der Waals surface area contributed by atoms with Crippen LogP contribution in [0.1, 0.15) is 52.8 Å². The lowest BCUT2D eigenvalue weighted by Crippen LogP contribution is -2.25. The number of aryl methyl sites for hydroxylation is 1. The summed E-state index contributed by atoms with van der Waals surface area (Å²) in [7, 11) is 0. The fourth-order valence-electron chi connectivity index (χ4n) is 2.36. The highest BCUT2D eigenvalue weighted by atomic mass is 79.9. The third kappa shape index (κ3) is 7.23. The quantitative estimate of drug-likeness (QED) is 0.640. The van der Waals surface area contributed by atoms with Crippen LogP contribution in [0.5, 0.6) is 0 Å². The van der Waals surface area contributed by atoms with Crippen LogP contribution in [0.2, 0.25) is 0 Å². The lowest BCUT2D eigenvalue weighted by Gasteiger charge is -2.20. The molecule has 4 nitrogen and oxygen atoms in total. The normalized spacial score (nSPS) is 12.7. The van der Waals surface area contributed by atoms with Crippen molar-refractivity contribution in [3.63, 3.8) is 0 Å². The second-order valence-electron chi connectivity index (χ2n) is 5.46. The lowest BCUT2D eigenvalue weighted by atomic mass is 10.1. The van der Waals surface area contributed by atoms with E-state index in [4.69, 9.17) is 0 Å². The van der Waals surface area contributed by atoms with Gasteiger partial charge < -0.3 is 10.2 Å². The van der Waals surface area contributed by atoms with Gasteiger partial charge in [0.1, 0.15) is 16.2 Å².